The molecule has 0 saturated carbocycles. The van der Waals surface area contributed by atoms with Crippen LogP contribution in [0.3, 0.4) is 0 Å². The van der Waals surface area contributed by atoms with E-state index in [-0.39, 0.29) is 19.3 Å². The van der Waals surface area contributed by atoms with E-state index < -0.39 is 64.4 Å². The SMILES string of the molecule is CC/C=C\C/C=C\C/C=C\C/C=C\C/C=C\CC(=O)OC(CO)COP(=O)(O)OCC(COC(=O)CCCCCCCCC/C=C\CCCCCCCC)OC(=O)C/C=C\C/C=C\C/C=C\C/C=C\C/C=C\CC. The Morgan fingerprint density at radius 2 is 0.743 bits per heavy atom. The first-order chi connectivity index (χ1) is 36.2. The lowest BCUT2D eigenvalue weighted by Crippen LogP contribution is -2.30. The number of ether oxygens (including phenoxy) is 3. The summed E-state index contributed by atoms with van der Waals surface area (Å²) in [4.78, 5) is 48.4. The maximum absolute atomic E-state index is 12.9. The van der Waals surface area contributed by atoms with E-state index in [1.807, 2.05) is 36.5 Å². The fraction of sp³-hybridized carbons (Fsp3) is 0.597. The Morgan fingerprint density at radius 1 is 0.405 bits per heavy atom. The topological polar surface area (TPSA) is 155 Å². The summed E-state index contributed by atoms with van der Waals surface area (Å²) in [5.41, 5.74) is 0. The minimum absolute atomic E-state index is 0.0691. The van der Waals surface area contributed by atoms with Crippen LogP contribution in [-0.4, -0.2) is 66.5 Å². The molecule has 0 amide bonds. The average Bonchev–Trinajstić information content (AvgIpc) is 3.39. The van der Waals surface area contributed by atoms with Gasteiger partial charge in [0.25, 0.3) is 0 Å². The molecule has 0 aromatic rings. The van der Waals surface area contributed by atoms with Gasteiger partial charge in [0.15, 0.2) is 6.10 Å². The number of esters is 3. The van der Waals surface area contributed by atoms with E-state index in [4.69, 9.17) is 23.3 Å². The van der Waals surface area contributed by atoms with Crippen LogP contribution < -0.4 is 0 Å². The average molecular weight is 1050 g/mol. The molecule has 3 unspecified atom stereocenters. The van der Waals surface area contributed by atoms with Gasteiger partial charge in [-0.15, -0.1) is 0 Å². The van der Waals surface area contributed by atoms with Gasteiger partial charge in [-0.05, 0) is 96.3 Å². The third-order valence-corrected chi connectivity index (χ3v) is 12.1. The highest BCUT2D eigenvalue weighted by Crippen LogP contribution is 2.43. The van der Waals surface area contributed by atoms with Crippen molar-refractivity contribution in [2.24, 2.45) is 0 Å². The van der Waals surface area contributed by atoms with Crippen molar-refractivity contribution in [3.63, 3.8) is 0 Å². The maximum atomic E-state index is 12.9. The number of unbranched alkanes of at least 4 members (excludes halogenated alkanes) is 13. The van der Waals surface area contributed by atoms with E-state index in [0.717, 1.165) is 77.0 Å². The predicted molar refractivity (Wildman–Crippen MR) is 306 cm³/mol. The van der Waals surface area contributed by atoms with Gasteiger partial charge in [-0.3, -0.25) is 23.4 Å². The Bertz CT molecular complexity index is 1750. The van der Waals surface area contributed by atoms with Crippen LogP contribution in [0.5, 0.6) is 0 Å². The molecule has 0 saturated heterocycles. The van der Waals surface area contributed by atoms with Crippen LogP contribution in [0.1, 0.15) is 201 Å². The molecule has 0 aliphatic heterocycles. The number of allylic oxidation sites excluding steroid dienone is 20. The highest BCUT2D eigenvalue weighted by Gasteiger charge is 2.28. The van der Waals surface area contributed by atoms with Gasteiger partial charge in [0.2, 0.25) is 0 Å². The third-order valence-electron chi connectivity index (χ3n) is 11.1. The maximum Gasteiger partial charge on any atom is 0.472 e. The molecule has 0 aliphatic carbocycles. The fourth-order valence-corrected chi connectivity index (χ4v) is 7.70. The normalized spacial score (nSPS) is 14.4. The molecule has 0 spiro atoms. The summed E-state index contributed by atoms with van der Waals surface area (Å²) < 4.78 is 39.2. The first-order valence-corrected chi connectivity index (χ1v) is 29.6. The van der Waals surface area contributed by atoms with Gasteiger partial charge in [0, 0.05) is 6.42 Å². The number of carbonyl (C=O) groups is 3. The predicted octanol–water partition coefficient (Wildman–Crippen LogP) is 16.6. The Hall–Kier alpha value is -4.38. The van der Waals surface area contributed by atoms with Crippen molar-refractivity contribution in [2.75, 3.05) is 26.4 Å². The van der Waals surface area contributed by atoms with Crippen molar-refractivity contribution >= 4 is 25.7 Å². The zero-order valence-corrected chi connectivity index (χ0v) is 46.9. The van der Waals surface area contributed by atoms with Crippen LogP contribution in [0.15, 0.2) is 134 Å². The van der Waals surface area contributed by atoms with E-state index in [0.29, 0.717) is 19.3 Å². The number of hydrogen-bond donors (Lipinski definition) is 2. The molecule has 0 heterocycles. The lowest BCUT2D eigenvalue weighted by molar-refractivity contribution is -0.160. The Kier molecular flexibility index (Phi) is 51.6. The number of aliphatic hydroxyl groups is 1. The zero-order valence-electron chi connectivity index (χ0n) is 46.0. The zero-order chi connectivity index (χ0) is 54.1. The second kappa shape index (κ2) is 54.9. The third kappa shape index (κ3) is 52.5. The van der Waals surface area contributed by atoms with Crippen molar-refractivity contribution in [1.29, 1.82) is 0 Å². The largest absolute Gasteiger partial charge is 0.472 e. The monoisotopic (exact) mass is 1050 g/mol. The van der Waals surface area contributed by atoms with E-state index in [1.54, 1.807) is 12.2 Å². The molecule has 0 fully saturated rings. The van der Waals surface area contributed by atoms with E-state index >= 15 is 0 Å². The molecule has 0 aromatic heterocycles. The molecule has 0 radical (unpaired) electrons. The van der Waals surface area contributed by atoms with Crippen LogP contribution >= 0.6 is 7.82 Å². The van der Waals surface area contributed by atoms with Crippen molar-refractivity contribution in [1.82, 2.24) is 0 Å². The van der Waals surface area contributed by atoms with Gasteiger partial charge in [-0.2, -0.15) is 0 Å². The highest BCUT2D eigenvalue weighted by atomic mass is 31.2. The molecular weight excluding hydrogens is 952 g/mol. The van der Waals surface area contributed by atoms with Crippen LogP contribution in [-0.2, 0) is 42.2 Å². The number of rotatable bonds is 50. The standard InChI is InChI=1S/C62H99O11P/c1-4-7-10-13-16-19-22-25-28-29-32-33-36-39-42-45-48-51-60(64)69-55-59(73-62(66)53-50-47-44-41-38-35-31-27-24-21-18-15-12-9-6-3)57-71-74(67,68)70-56-58(54-63)72-61(65)52-49-46-43-40-37-34-30-26-23-20-17-14-11-8-5-2/h8-9,11-12,17-18,20-21,25-28,30-31,37-38,40-41,46-47,49-50,58-59,63H,4-7,10,13-16,19,22-24,29,32-36,39,42-45,48,51-57H2,1-3H3,(H,67,68)/b11-8-,12-9-,20-17-,21-18-,28-25-,30-26-,31-27-,40-37-,41-38-,49-46-,50-47-. The molecule has 0 bridgehead atoms. The number of aliphatic hydroxyl groups excluding tert-OH is 1. The Balaban J connectivity index is 4.93. The first-order valence-electron chi connectivity index (χ1n) is 28.1. The fourth-order valence-electron chi connectivity index (χ4n) is 6.91. The minimum atomic E-state index is -4.80. The summed E-state index contributed by atoms with van der Waals surface area (Å²) in [6.07, 6.45) is 69.0. The quantitative estimate of drug-likeness (QED) is 0.0197. The van der Waals surface area contributed by atoms with Gasteiger partial charge in [0.05, 0.1) is 32.7 Å². The van der Waals surface area contributed by atoms with E-state index in [1.165, 1.54) is 64.2 Å². The second-order valence-corrected chi connectivity index (χ2v) is 19.5. The summed E-state index contributed by atoms with van der Waals surface area (Å²) in [6.45, 7) is 4.16. The van der Waals surface area contributed by atoms with E-state index in [2.05, 4.69) is 106 Å². The number of hydrogen-bond acceptors (Lipinski definition) is 10. The van der Waals surface area contributed by atoms with Crippen LogP contribution in [0, 0.1) is 0 Å². The van der Waals surface area contributed by atoms with Gasteiger partial charge in [-0.1, -0.05) is 219 Å². The first kappa shape index (κ1) is 69.6. The lowest BCUT2D eigenvalue weighted by Gasteiger charge is -2.21. The molecule has 0 aromatic carbocycles. The van der Waals surface area contributed by atoms with Crippen LogP contribution in [0.4, 0.5) is 0 Å². The molecule has 11 nitrogen and oxygen atoms in total. The number of carbonyl (C=O) groups excluding carboxylic acids is 3. The van der Waals surface area contributed by atoms with Gasteiger partial charge < -0.3 is 24.2 Å². The molecular formula is C62H99O11P. The second-order valence-electron chi connectivity index (χ2n) is 18.0. The molecule has 74 heavy (non-hydrogen) atoms. The Labute approximate surface area is 449 Å². The molecule has 418 valence electrons. The van der Waals surface area contributed by atoms with Crippen LogP contribution in [0.2, 0.25) is 0 Å². The summed E-state index contributed by atoms with van der Waals surface area (Å²) in [5, 5.41) is 9.78. The minimum Gasteiger partial charge on any atom is -0.462 e. The van der Waals surface area contributed by atoms with Crippen molar-refractivity contribution in [3.8, 4) is 0 Å². The summed E-state index contributed by atoms with van der Waals surface area (Å²) in [6, 6.07) is 0. The molecule has 3 atom stereocenters. The van der Waals surface area contributed by atoms with Crippen molar-refractivity contribution in [2.45, 2.75) is 213 Å². The molecule has 0 aliphatic rings. The smallest absolute Gasteiger partial charge is 0.462 e. The van der Waals surface area contributed by atoms with Crippen molar-refractivity contribution < 1.29 is 52.2 Å². The molecule has 2 N–H and O–H groups in total. The van der Waals surface area contributed by atoms with Crippen molar-refractivity contribution in [3.05, 3.63) is 134 Å². The molecule has 12 heteroatoms. The van der Waals surface area contributed by atoms with Gasteiger partial charge in [-0.25, -0.2) is 4.57 Å². The van der Waals surface area contributed by atoms with Crippen LogP contribution in [0.25, 0.3) is 0 Å². The lowest BCUT2D eigenvalue weighted by atomic mass is 10.1. The summed E-state index contributed by atoms with van der Waals surface area (Å²) >= 11 is 0. The Morgan fingerprint density at radius 3 is 1.14 bits per heavy atom. The molecule has 0 rings (SSSR count). The van der Waals surface area contributed by atoms with Gasteiger partial charge in [0.1, 0.15) is 12.7 Å². The summed E-state index contributed by atoms with van der Waals surface area (Å²) in [5.74, 6) is -1.78. The summed E-state index contributed by atoms with van der Waals surface area (Å²) in [7, 11) is -4.80. The number of phosphoric acid groups is 1. The van der Waals surface area contributed by atoms with Gasteiger partial charge >= 0.3 is 25.7 Å². The number of phosphoric ester groups is 1. The highest BCUT2D eigenvalue weighted by molar-refractivity contribution is 7.47. The van der Waals surface area contributed by atoms with E-state index in [9.17, 15) is 28.9 Å².